The lowest BCUT2D eigenvalue weighted by Crippen LogP contribution is -2.52. The number of hydrogen-bond acceptors (Lipinski definition) is 12. The fraction of sp³-hybridized carbons (Fsp3) is 0.200. The highest BCUT2D eigenvalue weighted by molar-refractivity contribution is 5.96. The average Bonchev–Trinajstić information content (AvgIpc) is 3.71. The van der Waals surface area contributed by atoms with Crippen LogP contribution >= 0.6 is 0 Å². The van der Waals surface area contributed by atoms with E-state index in [2.05, 4.69) is 41.5 Å². The number of carboxylic acids is 1. The predicted molar refractivity (Wildman–Crippen MR) is 243 cm³/mol. The molecule has 0 bridgehead atoms. The molecule has 6 aromatic rings. The molecule has 11 N–H and O–H groups in total. The number of rotatable bonds is 10. The van der Waals surface area contributed by atoms with Crippen LogP contribution in [0.2, 0.25) is 0 Å². The molecule has 70 heavy (non-hydrogen) atoms. The van der Waals surface area contributed by atoms with E-state index in [0.29, 0.717) is 28.7 Å². The van der Waals surface area contributed by atoms with E-state index in [1.165, 1.54) is 32.0 Å². The number of aliphatic carboxylic acids is 1. The number of nitrogen functional groups attached to an aromatic ring is 1. The summed E-state index contributed by atoms with van der Waals surface area (Å²) < 4.78 is 77.5. The van der Waals surface area contributed by atoms with Gasteiger partial charge in [0.05, 0.1) is 36.5 Å². The van der Waals surface area contributed by atoms with Crippen molar-refractivity contribution in [2.75, 3.05) is 10.6 Å². The fourth-order valence-corrected chi connectivity index (χ4v) is 5.44. The number of halogens is 6. The number of carboxylic acid groups (broad SMARTS) is 1. The van der Waals surface area contributed by atoms with Gasteiger partial charge in [-0.3, -0.25) is 30.7 Å². The Kier molecular flexibility index (Phi) is 21.7. The molecule has 19 nitrogen and oxygen atoms in total. The van der Waals surface area contributed by atoms with E-state index in [1.807, 2.05) is 23.6 Å². The molecule has 3 amide bonds. The number of nitrogens with two attached hydrogens (primary N) is 1. The first-order valence-corrected chi connectivity index (χ1v) is 19.5. The Morgan fingerprint density at radius 3 is 1.49 bits per heavy atom. The van der Waals surface area contributed by atoms with Crippen LogP contribution < -0.4 is 32.8 Å². The lowest BCUT2D eigenvalue weighted by atomic mass is 10.1. The van der Waals surface area contributed by atoms with Gasteiger partial charge < -0.3 is 31.2 Å². The van der Waals surface area contributed by atoms with E-state index in [0.717, 1.165) is 23.0 Å². The summed E-state index contributed by atoms with van der Waals surface area (Å²) in [4.78, 5) is 52.3. The topological polar surface area (TPSA) is 275 Å². The molecular weight excluding hydrogens is 937 g/mol. The first-order valence-electron chi connectivity index (χ1n) is 19.5. The summed E-state index contributed by atoms with van der Waals surface area (Å²) in [7, 11) is 0. The first kappa shape index (κ1) is 57.3. The molecule has 0 aliphatic carbocycles. The van der Waals surface area contributed by atoms with Crippen LogP contribution in [-0.2, 0) is 21.9 Å². The number of hydrazine groups is 2. The van der Waals surface area contributed by atoms with Crippen LogP contribution in [0, 0.1) is 13.1 Å². The van der Waals surface area contributed by atoms with Crippen LogP contribution in [0.3, 0.4) is 0 Å². The van der Waals surface area contributed by atoms with Crippen molar-refractivity contribution in [2.45, 2.75) is 57.9 Å². The molecule has 0 radical (unpaired) electrons. The highest BCUT2D eigenvalue weighted by Crippen LogP contribution is 2.39. The monoisotopic (exact) mass is 981 g/mol. The number of amides is 3. The minimum absolute atomic E-state index is 0. The number of hydrogen-bond donors (Lipinski definition) is 10. The number of aliphatic hydroxyl groups excluding tert-OH is 2. The minimum atomic E-state index is -4.76. The lowest BCUT2D eigenvalue weighted by Gasteiger charge is -2.23. The summed E-state index contributed by atoms with van der Waals surface area (Å²) in [6.07, 6.45) is -12.1. The van der Waals surface area contributed by atoms with Gasteiger partial charge in [0, 0.05) is 22.5 Å². The largest absolute Gasteiger partial charge is 0.480 e. The maximum atomic E-state index is 13.1. The number of carbonyl (C=O) groups excluding carboxylic acids is 3. The average molecular weight is 982 g/mol. The number of nitrogens with one attached hydrogen (secondary N) is 5. The molecule has 6 rings (SSSR count). The van der Waals surface area contributed by atoms with Crippen molar-refractivity contribution in [3.63, 3.8) is 0 Å². The zero-order valence-corrected chi connectivity index (χ0v) is 35.9. The summed E-state index contributed by atoms with van der Waals surface area (Å²) >= 11 is 0. The van der Waals surface area contributed by atoms with Gasteiger partial charge in [0.25, 0.3) is 17.7 Å². The van der Waals surface area contributed by atoms with E-state index >= 15 is 0 Å². The molecular formula is C45H45F6N11O8. The molecule has 0 spiro atoms. The van der Waals surface area contributed by atoms with Gasteiger partial charge in [0.1, 0.15) is 17.1 Å². The Bertz CT molecular complexity index is 2760. The highest BCUT2D eigenvalue weighted by atomic mass is 19.4. The molecule has 0 aliphatic heterocycles. The zero-order chi connectivity index (χ0) is 51.5. The molecule has 0 aliphatic rings. The zero-order valence-electron chi connectivity index (χ0n) is 35.9. The van der Waals surface area contributed by atoms with E-state index < -0.39 is 76.9 Å². The number of nitrogens with zero attached hydrogens (tertiary/aromatic N) is 5. The second-order valence-electron chi connectivity index (χ2n) is 13.9. The number of benzene rings is 5. The van der Waals surface area contributed by atoms with Crippen molar-refractivity contribution in [2.24, 2.45) is 5.84 Å². The highest BCUT2D eigenvalue weighted by Gasteiger charge is 2.35. The van der Waals surface area contributed by atoms with Crippen molar-refractivity contribution in [3.05, 3.63) is 166 Å². The molecule has 0 saturated heterocycles. The Hall–Kier alpha value is -8.78. The lowest BCUT2D eigenvalue weighted by molar-refractivity contribution is -0.140. The third-order valence-corrected chi connectivity index (χ3v) is 8.84. The maximum Gasteiger partial charge on any atom is 0.407 e. The van der Waals surface area contributed by atoms with Crippen LogP contribution in [-0.4, -0.2) is 83.7 Å². The normalized spacial score (nSPS) is 12.2. The van der Waals surface area contributed by atoms with Gasteiger partial charge in [-0.05, 0) is 79.7 Å². The van der Waals surface area contributed by atoms with E-state index in [-0.39, 0.29) is 30.3 Å². The molecule has 4 atom stereocenters. The van der Waals surface area contributed by atoms with Crippen molar-refractivity contribution in [3.8, 4) is 0 Å². The van der Waals surface area contributed by atoms with Crippen LogP contribution in [0.15, 0.2) is 121 Å². The van der Waals surface area contributed by atoms with Gasteiger partial charge in [-0.2, -0.15) is 26.3 Å². The molecule has 0 fully saturated rings. The molecule has 0 unspecified atom stereocenters. The van der Waals surface area contributed by atoms with Gasteiger partial charge in [0.2, 0.25) is 0 Å². The van der Waals surface area contributed by atoms with Crippen LogP contribution in [0.1, 0.15) is 53.1 Å². The number of carbonyl (C=O) groups is 4. The number of anilines is 2. The van der Waals surface area contributed by atoms with Gasteiger partial charge in [-0.1, -0.05) is 72.9 Å². The summed E-state index contributed by atoms with van der Waals surface area (Å²) in [6, 6.07) is 26.7. The molecule has 1 aromatic heterocycles. The van der Waals surface area contributed by atoms with Gasteiger partial charge >= 0.3 is 18.3 Å². The van der Waals surface area contributed by atoms with E-state index in [4.69, 9.17) is 29.3 Å². The van der Waals surface area contributed by atoms with Gasteiger partial charge in [-0.25, -0.2) is 20.3 Å². The van der Waals surface area contributed by atoms with Gasteiger partial charge in [0.15, 0.2) is 17.4 Å². The minimum Gasteiger partial charge on any atom is -0.480 e. The van der Waals surface area contributed by atoms with Crippen LogP contribution in [0.5, 0.6) is 0 Å². The summed E-state index contributed by atoms with van der Waals surface area (Å²) in [5.74, 6) is 1.77. The quantitative estimate of drug-likeness (QED) is 0.0166. The SMILES string of the molecule is C.NNC(=O)c1ccccc1.On1nnc2ccccc21.[C-]#[N+]c1ccc(N[C@@H](C(=O)NNC(=O)c2ccccc2)[C@H](C)O)cc1C(F)(F)F.[C-]#[N+]c1ccc(N[C@@H](C(=O)O)[C@H](C)O)cc1C(F)(F)F. The summed E-state index contributed by atoms with van der Waals surface area (Å²) in [5, 5.41) is 48.8. The molecule has 0 saturated carbocycles. The maximum absolute atomic E-state index is 13.1. The third kappa shape index (κ3) is 17.1. The number of aromatic nitrogens is 3. The number of alkyl halides is 6. The van der Waals surface area contributed by atoms with E-state index in [1.54, 1.807) is 54.6 Å². The van der Waals surface area contributed by atoms with Crippen molar-refractivity contribution < 1.29 is 66.0 Å². The Labute approximate surface area is 395 Å². The molecule has 1 heterocycles. The Balaban J connectivity index is 0.000000351. The van der Waals surface area contributed by atoms with Crippen molar-refractivity contribution in [1.82, 2.24) is 31.4 Å². The number of fused-ring (bicyclic) bond motifs is 1. The second kappa shape index (κ2) is 26.5. The Morgan fingerprint density at radius 1 is 0.657 bits per heavy atom. The van der Waals surface area contributed by atoms with Crippen LogP contribution in [0.25, 0.3) is 20.7 Å². The fourth-order valence-electron chi connectivity index (χ4n) is 5.44. The number of aliphatic hydroxyl groups is 2. The summed E-state index contributed by atoms with van der Waals surface area (Å²) in [5.41, 5.74) is 4.75. The summed E-state index contributed by atoms with van der Waals surface area (Å²) in [6.45, 7) is 16.0. The second-order valence-corrected chi connectivity index (χ2v) is 13.9. The smallest absolute Gasteiger partial charge is 0.407 e. The molecule has 370 valence electrons. The van der Waals surface area contributed by atoms with Crippen molar-refractivity contribution in [1.29, 1.82) is 0 Å². The Morgan fingerprint density at radius 2 is 1.09 bits per heavy atom. The number of para-hydroxylation sites is 1. The third-order valence-electron chi connectivity index (χ3n) is 8.84. The molecule has 25 heteroatoms. The van der Waals surface area contributed by atoms with Crippen LogP contribution in [0.4, 0.5) is 49.1 Å². The van der Waals surface area contributed by atoms with E-state index in [9.17, 15) is 55.7 Å². The molecule has 5 aromatic carbocycles. The predicted octanol–water partition coefficient (Wildman–Crippen LogP) is 6.98. The van der Waals surface area contributed by atoms with Gasteiger partial charge in [-0.15, -0.1) is 5.10 Å². The van der Waals surface area contributed by atoms with Crippen molar-refractivity contribution >= 4 is 57.5 Å². The first-order chi connectivity index (χ1) is 32.5. The standard InChI is InChI=1S/C19H17F3N4O3.C12H11F3N2O3.C7H8N2O.C6H5N3O.CH4/c1-11(27)16(18(29)26-25-17(28)12-6-4-3-5-7-12)24-13-8-9-15(23-2)14(10-13)19(20,21)22;1-6(18)10(11(19)20)17-7-3-4-9(16-2)8(5-7)12(13,14)15;8-9-7(10)6-4-2-1-3-5-6;10-9-6-4-2-1-3-5(6)7-8-9;/h3-11,16,24,27H,1H3,(H,25,28)(H,26,29);3-6,10,17-18H,1H3,(H,19,20);1-5H,8H2,(H,9,10);1-4,10H;1H4/t11-,16+;6-,10+;;;/m00.../s1.